The second kappa shape index (κ2) is 6.84. The zero-order chi connectivity index (χ0) is 18.1. The highest BCUT2D eigenvalue weighted by Gasteiger charge is 2.14. The van der Waals surface area contributed by atoms with Gasteiger partial charge in [0, 0.05) is 24.1 Å². The number of hydrogen-bond donors (Lipinski definition) is 1. The van der Waals surface area contributed by atoms with Gasteiger partial charge in [-0.1, -0.05) is 12.1 Å². The Balaban J connectivity index is 1.53. The van der Waals surface area contributed by atoms with E-state index < -0.39 is 0 Å². The van der Waals surface area contributed by atoms with E-state index in [9.17, 15) is 9.59 Å². The number of fused-ring (bicyclic) bond motifs is 1. The van der Waals surface area contributed by atoms with E-state index in [0.717, 1.165) is 28.8 Å². The van der Waals surface area contributed by atoms with Gasteiger partial charge in [0.2, 0.25) is 0 Å². The van der Waals surface area contributed by atoms with Crippen molar-refractivity contribution >= 4 is 22.4 Å². The fourth-order valence-corrected chi connectivity index (χ4v) is 3.86. The van der Waals surface area contributed by atoms with Gasteiger partial charge in [-0.3, -0.25) is 14.9 Å². The molecule has 0 aliphatic heterocycles. The SMILES string of the molecule is Cn1nc(C(=O)Nc2nc(-c3ccc4c(c3)CCCC4)cs2)ccc1=O. The first-order valence-electron chi connectivity index (χ1n) is 8.53. The molecule has 6 nitrogen and oxygen atoms in total. The Labute approximate surface area is 154 Å². The van der Waals surface area contributed by atoms with Gasteiger partial charge in [-0.2, -0.15) is 5.10 Å². The van der Waals surface area contributed by atoms with Gasteiger partial charge in [-0.25, -0.2) is 9.67 Å². The van der Waals surface area contributed by atoms with Crippen LogP contribution in [0.15, 0.2) is 40.5 Å². The summed E-state index contributed by atoms with van der Waals surface area (Å²) >= 11 is 1.37. The van der Waals surface area contributed by atoms with Crippen molar-refractivity contribution < 1.29 is 4.79 Å². The topological polar surface area (TPSA) is 76.9 Å². The molecule has 2 aromatic heterocycles. The average molecular weight is 366 g/mol. The monoisotopic (exact) mass is 366 g/mol. The van der Waals surface area contributed by atoms with E-state index in [1.165, 1.54) is 54.5 Å². The van der Waals surface area contributed by atoms with Crippen molar-refractivity contribution in [1.82, 2.24) is 14.8 Å². The van der Waals surface area contributed by atoms with Crippen LogP contribution in [-0.2, 0) is 19.9 Å². The molecular formula is C19H18N4O2S. The van der Waals surface area contributed by atoms with E-state index >= 15 is 0 Å². The van der Waals surface area contributed by atoms with Crippen molar-refractivity contribution in [3.05, 3.63) is 62.9 Å². The van der Waals surface area contributed by atoms with Crippen molar-refractivity contribution in [3.63, 3.8) is 0 Å². The number of carbonyl (C=O) groups is 1. The van der Waals surface area contributed by atoms with Gasteiger partial charge in [0.25, 0.3) is 11.5 Å². The number of amides is 1. The van der Waals surface area contributed by atoms with Crippen LogP contribution in [0.25, 0.3) is 11.3 Å². The summed E-state index contributed by atoms with van der Waals surface area (Å²) in [6.07, 6.45) is 4.77. The fraction of sp³-hybridized carbons (Fsp3) is 0.263. The van der Waals surface area contributed by atoms with Gasteiger partial charge in [0.15, 0.2) is 5.13 Å². The molecule has 0 bridgehead atoms. The predicted molar refractivity (Wildman–Crippen MR) is 102 cm³/mol. The summed E-state index contributed by atoms with van der Waals surface area (Å²) in [6.45, 7) is 0. The number of hydrogen-bond acceptors (Lipinski definition) is 5. The lowest BCUT2D eigenvalue weighted by Crippen LogP contribution is -2.23. The summed E-state index contributed by atoms with van der Waals surface area (Å²) < 4.78 is 1.13. The molecule has 26 heavy (non-hydrogen) atoms. The maximum absolute atomic E-state index is 12.3. The van der Waals surface area contributed by atoms with Crippen LogP contribution in [-0.4, -0.2) is 20.7 Å². The number of aryl methyl sites for hydroxylation is 3. The van der Waals surface area contributed by atoms with E-state index in [4.69, 9.17) is 0 Å². The molecule has 7 heteroatoms. The van der Waals surface area contributed by atoms with Crippen LogP contribution in [0, 0.1) is 0 Å². The maximum Gasteiger partial charge on any atom is 0.277 e. The van der Waals surface area contributed by atoms with Gasteiger partial charge in [-0.15, -0.1) is 11.3 Å². The number of aromatic nitrogens is 3. The number of nitrogens with one attached hydrogen (secondary N) is 1. The molecule has 0 saturated carbocycles. The van der Waals surface area contributed by atoms with E-state index in [1.54, 1.807) is 0 Å². The Bertz CT molecular complexity index is 1040. The van der Waals surface area contributed by atoms with Crippen LogP contribution in [0.5, 0.6) is 0 Å². The number of thiazole rings is 1. The molecule has 0 fully saturated rings. The third-order valence-corrected chi connectivity index (χ3v) is 5.32. The lowest BCUT2D eigenvalue weighted by molar-refractivity contribution is 0.102. The third kappa shape index (κ3) is 3.30. The van der Waals surface area contributed by atoms with Gasteiger partial charge >= 0.3 is 0 Å². The van der Waals surface area contributed by atoms with Gasteiger partial charge < -0.3 is 0 Å². The third-order valence-electron chi connectivity index (χ3n) is 4.56. The number of rotatable bonds is 3. The van der Waals surface area contributed by atoms with Crippen LogP contribution >= 0.6 is 11.3 Å². The first-order valence-corrected chi connectivity index (χ1v) is 9.41. The smallest absolute Gasteiger partial charge is 0.277 e. The summed E-state index contributed by atoms with van der Waals surface area (Å²) in [7, 11) is 1.51. The molecule has 1 N–H and O–H groups in total. The summed E-state index contributed by atoms with van der Waals surface area (Å²) in [5.74, 6) is -0.382. The number of nitrogens with zero attached hydrogens (tertiary/aromatic N) is 3. The van der Waals surface area contributed by atoms with Crippen LogP contribution in [0.2, 0.25) is 0 Å². The first kappa shape index (κ1) is 16.7. The van der Waals surface area contributed by atoms with E-state index in [-0.39, 0.29) is 17.2 Å². The summed E-state index contributed by atoms with van der Waals surface area (Å²) in [5.41, 5.74) is 4.68. The van der Waals surface area contributed by atoms with Gasteiger partial charge in [0.1, 0.15) is 5.69 Å². The molecule has 3 aromatic rings. The summed E-state index contributed by atoms with van der Waals surface area (Å²) in [5, 5.41) is 9.15. The second-order valence-electron chi connectivity index (χ2n) is 6.36. The molecule has 1 amide bonds. The molecule has 132 valence electrons. The van der Waals surface area contributed by atoms with Crippen molar-refractivity contribution in [2.24, 2.45) is 7.05 Å². The number of anilines is 1. The maximum atomic E-state index is 12.3. The predicted octanol–water partition coefficient (Wildman–Crippen LogP) is 3.03. The molecule has 0 atom stereocenters. The minimum absolute atomic E-state index is 0.178. The Morgan fingerprint density at radius 2 is 1.96 bits per heavy atom. The van der Waals surface area contributed by atoms with Gasteiger partial charge in [-0.05, 0) is 48.9 Å². The standard InChI is InChI=1S/C19H18N4O2S/c1-23-17(24)9-8-15(22-23)18(25)21-19-20-16(11-26-19)14-7-6-12-4-2-3-5-13(12)10-14/h6-11H,2-5H2,1H3,(H,20,21,25). The quantitative estimate of drug-likeness (QED) is 0.773. The zero-order valence-corrected chi connectivity index (χ0v) is 15.2. The summed E-state index contributed by atoms with van der Waals surface area (Å²) in [6, 6.07) is 9.23. The molecular weight excluding hydrogens is 348 g/mol. The van der Waals surface area contributed by atoms with Crippen molar-refractivity contribution in [2.75, 3.05) is 5.32 Å². The Morgan fingerprint density at radius 3 is 2.77 bits per heavy atom. The molecule has 1 aromatic carbocycles. The minimum Gasteiger partial charge on any atom is -0.296 e. The Kier molecular flexibility index (Phi) is 4.38. The fourth-order valence-electron chi connectivity index (χ4n) is 3.14. The van der Waals surface area contributed by atoms with E-state index in [2.05, 4.69) is 33.6 Å². The molecule has 0 unspecified atom stereocenters. The lowest BCUT2D eigenvalue weighted by atomic mass is 9.90. The van der Waals surface area contributed by atoms with Crippen LogP contribution in [0.4, 0.5) is 5.13 Å². The normalized spacial score (nSPS) is 13.3. The first-order chi connectivity index (χ1) is 12.6. The van der Waals surface area contributed by atoms with Crippen LogP contribution in [0.1, 0.15) is 34.5 Å². The van der Waals surface area contributed by atoms with Crippen LogP contribution < -0.4 is 10.9 Å². The van der Waals surface area contributed by atoms with Crippen molar-refractivity contribution in [1.29, 1.82) is 0 Å². The van der Waals surface area contributed by atoms with Crippen LogP contribution in [0.3, 0.4) is 0 Å². The van der Waals surface area contributed by atoms with Gasteiger partial charge in [0.05, 0.1) is 5.69 Å². The molecule has 4 rings (SSSR count). The minimum atomic E-state index is -0.382. The number of carbonyl (C=O) groups excluding carboxylic acids is 1. The number of benzene rings is 1. The second-order valence-corrected chi connectivity index (χ2v) is 7.22. The summed E-state index contributed by atoms with van der Waals surface area (Å²) in [4.78, 5) is 28.2. The highest BCUT2D eigenvalue weighted by Crippen LogP contribution is 2.29. The van der Waals surface area contributed by atoms with E-state index in [1.807, 2.05) is 5.38 Å². The van der Waals surface area contributed by atoms with E-state index in [0.29, 0.717) is 5.13 Å². The molecule has 1 aliphatic carbocycles. The lowest BCUT2D eigenvalue weighted by Gasteiger charge is -2.16. The molecule has 0 spiro atoms. The zero-order valence-electron chi connectivity index (χ0n) is 14.4. The molecule has 2 heterocycles. The Morgan fingerprint density at radius 1 is 1.15 bits per heavy atom. The average Bonchev–Trinajstić information content (AvgIpc) is 3.12. The Hall–Kier alpha value is -2.80. The molecule has 0 saturated heterocycles. The largest absolute Gasteiger partial charge is 0.296 e. The highest BCUT2D eigenvalue weighted by atomic mass is 32.1. The highest BCUT2D eigenvalue weighted by molar-refractivity contribution is 7.14. The molecule has 0 radical (unpaired) electrons. The van der Waals surface area contributed by atoms with Crippen molar-refractivity contribution in [2.45, 2.75) is 25.7 Å². The molecule has 1 aliphatic rings. The van der Waals surface area contributed by atoms with Crippen molar-refractivity contribution in [3.8, 4) is 11.3 Å².